The van der Waals surface area contributed by atoms with Gasteiger partial charge in [-0.1, -0.05) is 18.2 Å². The smallest absolute Gasteiger partial charge is 0.115 e. The Morgan fingerprint density at radius 3 is 2.83 bits per heavy atom. The van der Waals surface area contributed by atoms with E-state index in [-0.39, 0.29) is 5.92 Å². The first-order valence-corrected chi connectivity index (χ1v) is 6.15. The summed E-state index contributed by atoms with van der Waals surface area (Å²) in [6, 6.07) is 8.68. The molecule has 0 bridgehead atoms. The maximum atomic E-state index is 9.36. The zero-order chi connectivity index (χ0) is 12.4. The van der Waals surface area contributed by atoms with Crippen LogP contribution in [0.1, 0.15) is 34.7 Å². The second-order valence-electron chi connectivity index (χ2n) is 4.57. The summed E-state index contributed by atoms with van der Waals surface area (Å²) < 4.78 is 0. The molecule has 1 atom stereocenters. The Labute approximate surface area is 106 Å². The second-order valence-corrected chi connectivity index (χ2v) is 4.57. The molecule has 0 radical (unpaired) electrons. The van der Waals surface area contributed by atoms with Gasteiger partial charge in [-0.15, -0.1) is 0 Å². The predicted molar refractivity (Wildman–Crippen MR) is 68.0 cm³/mol. The molecule has 88 valence electrons. The molecule has 0 spiro atoms. The first-order chi connectivity index (χ1) is 8.88. The number of hydrogen-bond donors (Lipinski definition) is 0. The molecule has 0 fully saturated rings. The van der Waals surface area contributed by atoms with E-state index >= 15 is 0 Å². The summed E-state index contributed by atoms with van der Waals surface area (Å²) in [4.78, 5) is 8.27. The van der Waals surface area contributed by atoms with E-state index in [1.165, 1.54) is 17.5 Å². The van der Waals surface area contributed by atoms with Crippen LogP contribution in [0, 0.1) is 11.3 Å². The molecule has 0 amide bonds. The molecule has 1 aliphatic rings. The van der Waals surface area contributed by atoms with Gasteiger partial charge in [-0.05, 0) is 36.0 Å². The van der Waals surface area contributed by atoms with Gasteiger partial charge in [0.15, 0.2) is 0 Å². The van der Waals surface area contributed by atoms with Crippen LogP contribution in [-0.2, 0) is 12.8 Å². The minimum atomic E-state index is -0.315. The second kappa shape index (κ2) is 4.58. The third kappa shape index (κ3) is 1.86. The van der Waals surface area contributed by atoms with Crippen molar-refractivity contribution >= 4 is 0 Å². The van der Waals surface area contributed by atoms with Gasteiger partial charge in [0.25, 0.3) is 0 Å². The average molecular weight is 235 g/mol. The van der Waals surface area contributed by atoms with Crippen LogP contribution < -0.4 is 0 Å². The van der Waals surface area contributed by atoms with Gasteiger partial charge in [0, 0.05) is 12.4 Å². The standard InChI is InChI=1S/C15H13N3/c16-9-14(15-10-17-6-7-18-15)13-5-4-11-2-1-3-12(11)8-13/h4-8,10,14H,1-3H2. The lowest BCUT2D eigenvalue weighted by Gasteiger charge is -2.10. The number of nitrogens with zero attached hydrogens (tertiary/aromatic N) is 3. The average Bonchev–Trinajstić information content (AvgIpc) is 2.88. The quantitative estimate of drug-likeness (QED) is 0.804. The van der Waals surface area contributed by atoms with Crippen LogP contribution in [-0.4, -0.2) is 9.97 Å². The van der Waals surface area contributed by atoms with E-state index in [9.17, 15) is 5.26 Å². The minimum absolute atomic E-state index is 0.315. The molecule has 1 heterocycles. The van der Waals surface area contributed by atoms with Crippen molar-refractivity contribution in [2.45, 2.75) is 25.2 Å². The molecule has 3 heteroatoms. The summed E-state index contributed by atoms with van der Waals surface area (Å²) in [7, 11) is 0. The number of aromatic nitrogens is 2. The Hall–Kier alpha value is -2.21. The van der Waals surface area contributed by atoms with Crippen molar-refractivity contribution in [2.24, 2.45) is 0 Å². The van der Waals surface area contributed by atoms with Crippen molar-refractivity contribution in [3.05, 3.63) is 59.2 Å². The first-order valence-electron chi connectivity index (χ1n) is 6.15. The van der Waals surface area contributed by atoms with E-state index in [0.717, 1.165) is 24.1 Å². The number of fused-ring (bicyclic) bond motifs is 1. The number of benzene rings is 1. The maximum Gasteiger partial charge on any atom is 0.115 e. The Morgan fingerprint density at radius 1 is 1.17 bits per heavy atom. The van der Waals surface area contributed by atoms with Crippen molar-refractivity contribution in [1.29, 1.82) is 5.26 Å². The Kier molecular flexibility index (Phi) is 2.77. The molecular formula is C15H13N3. The van der Waals surface area contributed by atoms with Crippen LogP contribution in [0.15, 0.2) is 36.8 Å². The summed E-state index contributed by atoms with van der Waals surface area (Å²) in [5.41, 5.74) is 4.56. The highest BCUT2D eigenvalue weighted by Gasteiger charge is 2.18. The molecule has 1 aromatic carbocycles. The van der Waals surface area contributed by atoms with Gasteiger partial charge in [0.05, 0.1) is 18.0 Å². The Bertz CT molecular complexity index is 599. The fraction of sp³-hybridized carbons (Fsp3) is 0.267. The number of aryl methyl sites for hydroxylation is 2. The summed E-state index contributed by atoms with van der Waals surface area (Å²) in [6.45, 7) is 0. The van der Waals surface area contributed by atoms with E-state index in [1.54, 1.807) is 18.6 Å². The van der Waals surface area contributed by atoms with Crippen LogP contribution in [0.3, 0.4) is 0 Å². The lowest BCUT2D eigenvalue weighted by molar-refractivity contribution is 0.909. The van der Waals surface area contributed by atoms with E-state index in [1.807, 2.05) is 6.07 Å². The fourth-order valence-corrected chi connectivity index (χ4v) is 2.54. The molecular weight excluding hydrogens is 222 g/mol. The largest absolute Gasteiger partial charge is 0.261 e. The highest BCUT2D eigenvalue weighted by molar-refractivity contribution is 5.41. The van der Waals surface area contributed by atoms with Crippen LogP contribution in [0.25, 0.3) is 0 Å². The van der Waals surface area contributed by atoms with Gasteiger partial charge in [0.1, 0.15) is 5.92 Å². The number of nitriles is 1. The minimum Gasteiger partial charge on any atom is -0.261 e. The van der Waals surface area contributed by atoms with Crippen molar-refractivity contribution in [3.8, 4) is 6.07 Å². The molecule has 0 saturated carbocycles. The number of hydrogen-bond acceptors (Lipinski definition) is 3. The highest BCUT2D eigenvalue weighted by Crippen LogP contribution is 2.28. The van der Waals surface area contributed by atoms with Gasteiger partial charge in [0.2, 0.25) is 0 Å². The zero-order valence-corrected chi connectivity index (χ0v) is 10.0. The SMILES string of the molecule is N#CC(c1ccc2c(c1)CCC2)c1cnccn1. The Balaban J connectivity index is 2.01. The van der Waals surface area contributed by atoms with Crippen molar-refractivity contribution in [1.82, 2.24) is 9.97 Å². The number of rotatable bonds is 2. The van der Waals surface area contributed by atoms with Crippen LogP contribution in [0.2, 0.25) is 0 Å². The lowest BCUT2D eigenvalue weighted by Crippen LogP contribution is -2.02. The lowest BCUT2D eigenvalue weighted by atomic mass is 9.94. The summed E-state index contributed by atoms with van der Waals surface area (Å²) in [5.74, 6) is -0.315. The fourth-order valence-electron chi connectivity index (χ4n) is 2.54. The van der Waals surface area contributed by atoms with Gasteiger partial charge in [-0.25, -0.2) is 0 Å². The van der Waals surface area contributed by atoms with E-state index in [0.29, 0.717) is 0 Å². The van der Waals surface area contributed by atoms with Crippen molar-refractivity contribution in [2.75, 3.05) is 0 Å². The molecule has 3 nitrogen and oxygen atoms in total. The topological polar surface area (TPSA) is 49.6 Å². The monoisotopic (exact) mass is 235 g/mol. The van der Waals surface area contributed by atoms with E-state index in [4.69, 9.17) is 0 Å². The van der Waals surface area contributed by atoms with Crippen molar-refractivity contribution in [3.63, 3.8) is 0 Å². The van der Waals surface area contributed by atoms with Gasteiger partial charge < -0.3 is 0 Å². The molecule has 0 N–H and O–H groups in total. The van der Waals surface area contributed by atoms with Gasteiger partial charge in [-0.3, -0.25) is 9.97 Å². The molecule has 0 aliphatic heterocycles. The van der Waals surface area contributed by atoms with Crippen LogP contribution in [0.4, 0.5) is 0 Å². The van der Waals surface area contributed by atoms with E-state index in [2.05, 4.69) is 28.2 Å². The highest BCUT2D eigenvalue weighted by atomic mass is 14.8. The predicted octanol–water partition coefficient (Wildman–Crippen LogP) is 2.62. The first kappa shape index (κ1) is 10.9. The summed E-state index contributed by atoms with van der Waals surface area (Å²) in [6.07, 6.45) is 8.44. The summed E-state index contributed by atoms with van der Waals surface area (Å²) >= 11 is 0. The molecule has 1 aliphatic carbocycles. The molecule has 0 saturated heterocycles. The van der Waals surface area contributed by atoms with E-state index < -0.39 is 0 Å². The van der Waals surface area contributed by atoms with Crippen molar-refractivity contribution < 1.29 is 0 Å². The maximum absolute atomic E-state index is 9.36. The molecule has 3 rings (SSSR count). The molecule has 1 unspecified atom stereocenters. The zero-order valence-electron chi connectivity index (χ0n) is 10.0. The van der Waals surface area contributed by atoms with Gasteiger partial charge >= 0.3 is 0 Å². The molecule has 18 heavy (non-hydrogen) atoms. The normalized spacial score (nSPS) is 14.8. The third-order valence-corrected chi connectivity index (χ3v) is 3.46. The van der Waals surface area contributed by atoms with Crippen LogP contribution >= 0.6 is 0 Å². The molecule has 1 aromatic heterocycles. The van der Waals surface area contributed by atoms with Gasteiger partial charge in [-0.2, -0.15) is 5.26 Å². The van der Waals surface area contributed by atoms with Crippen LogP contribution in [0.5, 0.6) is 0 Å². The third-order valence-electron chi connectivity index (χ3n) is 3.46. The Morgan fingerprint density at radius 2 is 2.06 bits per heavy atom. The summed E-state index contributed by atoms with van der Waals surface area (Å²) in [5, 5.41) is 9.36. The molecule has 2 aromatic rings.